The standard InChI is InChI=1S/C10H14N4O4S/c1-2-3-5-8(19-14-13-5)9(16)12-6(10(17)18)4-7(11)15/h6H,2-4H2,1H3,(H2,11,15)(H,12,16)(H,17,18)/t6-/m1/s1. The van der Waals surface area contributed by atoms with E-state index in [9.17, 15) is 14.4 Å². The molecule has 0 aromatic carbocycles. The molecule has 0 unspecified atom stereocenters. The summed E-state index contributed by atoms with van der Waals surface area (Å²) >= 11 is 0.888. The van der Waals surface area contributed by atoms with Crippen LogP contribution in [0.3, 0.4) is 0 Å². The maximum atomic E-state index is 11.9. The summed E-state index contributed by atoms with van der Waals surface area (Å²) in [6.07, 6.45) is 0.901. The molecule has 0 bridgehead atoms. The van der Waals surface area contributed by atoms with E-state index in [4.69, 9.17) is 10.8 Å². The Bertz CT molecular complexity index is 488. The van der Waals surface area contributed by atoms with Crippen LogP contribution in [0.4, 0.5) is 0 Å². The second-order valence-corrected chi connectivity index (χ2v) is 4.59. The molecule has 4 N–H and O–H groups in total. The maximum absolute atomic E-state index is 11.9. The number of carbonyl (C=O) groups excluding carboxylic acids is 2. The summed E-state index contributed by atoms with van der Waals surface area (Å²) in [6, 6.07) is -1.35. The average Bonchev–Trinajstić information content (AvgIpc) is 2.76. The van der Waals surface area contributed by atoms with E-state index in [-0.39, 0.29) is 4.88 Å². The molecule has 0 saturated carbocycles. The van der Waals surface area contributed by atoms with Gasteiger partial charge in [0.25, 0.3) is 5.91 Å². The monoisotopic (exact) mass is 286 g/mol. The number of nitrogens with two attached hydrogens (primary N) is 1. The highest BCUT2D eigenvalue weighted by Gasteiger charge is 2.25. The second kappa shape index (κ2) is 6.78. The van der Waals surface area contributed by atoms with Crippen LogP contribution in [0.15, 0.2) is 0 Å². The number of carboxylic acids is 1. The van der Waals surface area contributed by atoms with E-state index in [1.807, 2.05) is 6.92 Å². The first kappa shape index (κ1) is 15.0. The van der Waals surface area contributed by atoms with E-state index in [1.165, 1.54) is 0 Å². The van der Waals surface area contributed by atoms with Crippen molar-refractivity contribution in [3.05, 3.63) is 10.6 Å². The molecule has 1 aromatic rings. The fraction of sp³-hybridized carbons (Fsp3) is 0.500. The van der Waals surface area contributed by atoms with Crippen LogP contribution < -0.4 is 11.1 Å². The molecule has 0 aliphatic carbocycles. The normalized spacial score (nSPS) is 11.8. The number of hydrogen-bond acceptors (Lipinski definition) is 6. The molecule has 8 nitrogen and oxygen atoms in total. The van der Waals surface area contributed by atoms with Crippen molar-refractivity contribution in [3.63, 3.8) is 0 Å². The molecule has 0 radical (unpaired) electrons. The molecule has 0 spiro atoms. The minimum Gasteiger partial charge on any atom is -0.480 e. The number of nitrogens with one attached hydrogen (secondary N) is 1. The molecule has 9 heteroatoms. The highest BCUT2D eigenvalue weighted by molar-refractivity contribution is 7.08. The van der Waals surface area contributed by atoms with E-state index in [1.54, 1.807) is 0 Å². The molecular weight excluding hydrogens is 272 g/mol. The zero-order valence-electron chi connectivity index (χ0n) is 10.3. The van der Waals surface area contributed by atoms with Crippen molar-refractivity contribution < 1.29 is 19.5 Å². The summed E-state index contributed by atoms with van der Waals surface area (Å²) in [5.41, 5.74) is 5.45. The van der Waals surface area contributed by atoms with Crippen LogP contribution in [-0.2, 0) is 16.0 Å². The van der Waals surface area contributed by atoms with Crippen molar-refractivity contribution in [2.75, 3.05) is 0 Å². The lowest BCUT2D eigenvalue weighted by atomic mass is 10.2. The van der Waals surface area contributed by atoms with Crippen molar-refractivity contribution in [1.82, 2.24) is 14.9 Å². The molecule has 1 heterocycles. The topological polar surface area (TPSA) is 135 Å². The molecule has 0 aliphatic rings. The number of primary amides is 1. The van der Waals surface area contributed by atoms with Crippen molar-refractivity contribution in [2.24, 2.45) is 5.73 Å². The molecule has 0 aliphatic heterocycles. The number of aliphatic carboxylic acids is 1. The predicted octanol–water partition coefficient (Wildman–Crippen LogP) is -0.451. The van der Waals surface area contributed by atoms with Gasteiger partial charge in [-0.15, -0.1) is 5.10 Å². The Labute approximate surface area is 113 Å². The molecule has 1 atom stereocenters. The molecule has 0 saturated heterocycles. The van der Waals surface area contributed by atoms with Gasteiger partial charge in [0.1, 0.15) is 10.9 Å². The van der Waals surface area contributed by atoms with E-state index >= 15 is 0 Å². The third kappa shape index (κ3) is 4.28. The first-order valence-electron chi connectivity index (χ1n) is 5.58. The van der Waals surface area contributed by atoms with Crippen molar-refractivity contribution in [2.45, 2.75) is 32.2 Å². The van der Waals surface area contributed by atoms with Crippen molar-refractivity contribution >= 4 is 29.3 Å². The van der Waals surface area contributed by atoms with Gasteiger partial charge in [-0.1, -0.05) is 17.8 Å². The Balaban J connectivity index is 2.78. The van der Waals surface area contributed by atoms with Crippen LogP contribution in [0.5, 0.6) is 0 Å². The summed E-state index contributed by atoms with van der Waals surface area (Å²) in [4.78, 5) is 33.8. The predicted molar refractivity (Wildman–Crippen MR) is 66.6 cm³/mol. The number of hydrogen-bond donors (Lipinski definition) is 3. The summed E-state index contributed by atoms with van der Waals surface area (Å²) < 4.78 is 3.67. The first-order chi connectivity index (χ1) is 8.95. The van der Waals surface area contributed by atoms with Crippen LogP contribution >= 0.6 is 11.5 Å². The summed E-state index contributed by atoms with van der Waals surface area (Å²) in [5, 5.41) is 14.9. The highest BCUT2D eigenvalue weighted by atomic mass is 32.1. The van der Waals surface area contributed by atoms with E-state index in [0.29, 0.717) is 12.1 Å². The Morgan fingerprint density at radius 1 is 1.47 bits per heavy atom. The molecule has 104 valence electrons. The van der Waals surface area contributed by atoms with Gasteiger partial charge in [0.2, 0.25) is 5.91 Å². The second-order valence-electron chi connectivity index (χ2n) is 3.83. The number of nitrogens with zero attached hydrogens (tertiary/aromatic N) is 2. The molecule has 19 heavy (non-hydrogen) atoms. The number of carbonyl (C=O) groups is 3. The summed E-state index contributed by atoms with van der Waals surface area (Å²) in [7, 11) is 0. The van der Waals surface area contributed by atoms with Crippen LogP contribution in [-0.4, -0.2) is 38.5 Å². The van der Waals surface area contributed by atoms with Gasteiger partial charge in [-0.25, -0.2) is 4.79 Å². The number of amides is 2. The Morgan fingerprint density at radius 2 is 2.16 bits per heavy atom. The van der Waals surface area contributed by atoms with Crippen molar-refractivity contribution in [1.29, 1.82) is 0 Å². The quantitative estimate of drug-likeness (QED) is 0.621. The number of aryl methyl sites for hydroxylation is 1. The minimum absolute atomic E-state index is 0.262. The van der Waals surface area contributed by atoms with E-state index in [0.717, 1.165) is 18.0 Å². The van der Waals surface area contributed by atoms with Crippen LogP contribution in [0.25, 0.3) is 0 Å². The minimum atomic E-state index is -1.35. The third-order valence-electron chi connectivity index (χ3n) is 2.26. The van der Waals surface area contributed by atoms with Crippen LogP contribution in [0.1, 0.15) is 35.1 Å². The van der Waals surface area contributed by atoms with Gasteiger partial charge < -0.3 is 16.2 Å². The van der Waals surface area contributed by atoms with Gasteiger partial charge in [-0.2, -0.15) is 0 Å². The fourth-order valence-electron chi connectivity index (χ4n) is 1.41. The van der Waals surface area contributed by atoms with Gasteiger partial charge in [0.05, 0.1) is 12.1 Å². The Morgan fingerprint density at radius 3 is 2.68 bits per heavy atom. The molecule has 1 aromatic heterocycles. The van der Waals surface area contributed by atoms with E-state index < -0.39 is 30.2 Å². The molecule has 1 rings (SSSR count). The van der Waals surface area contributed by atoms with Crippen LogP contribution in [0, 0.1) is 0 Å². The SMILES string of the molecule is CCCc1nnsc1C(=O)N[C@H](CC(N)=O)C(=O)O. The smallest absolute Gasteiger partial charge is 0.326 e. The Hall–Kier alpha value is -2.03. The lowest BCUT2D eigenvalue weighted by molar-refractivity contribution is -0.140. The largest absolute Gasteiger partial charge is 0.480 e. The third-order valence-corrected chi connectivity index (χ3v) is 3.02. The lowest BCUT2D eigenvalue weighted by Crippen LogP contribution is -2.43. The van der Waals surface area contributed by atoms with Crippen molar-refractivity contribution in [3.8, 4) is 0 Å². The number of aromatic nitrogens is 2. The number of rotatable bonds is 7. The first-order valence-corrected chi connectivity index (χ1v) is 6.36. The molecule has 0 fully saturated rings. The Kier molecular flexibility index (Phi) is 5.37. The summed E-state index contributed by atoms with van der Waals surface area (Å²) in [6.45, 7) is 1.92. The average molecular weight is 286 g/mol. The maximum Gasteiger partial charge on any atom is 0.326 e. The van der Waals surface area contributed by atoms with Gasteiger partial charge in [-0.05, 0) is 18.0 Å². The molecular formula is C10H14N4O4S. The zero-order valence-corrected chi connectivity index (χ0v) is 11.1. The van der Waals surface area contributed by atoms with Gasteiger partial charge in [0, 0.05) is 0 Å². The molecule has 2 amide bonds. The summed E-state index contributed by atoms with van der Waals surface area (Å²) in [5.74, 6) is -2.72. The van der Waals surface area contributed by atoms with Gasteiger partial charge >= 0.3 is 5.97 Å². The van der Waals surface area contributed by atoms with E-state index in [2.05, 4.69) is 14.9 Å². The van der Waals surface area contributed by atoms with Gasteiger partial charge in [0.15, 0.2) is 0 Å². The van der Waals surface area contributed by atoms with Crippen LogP contribution in [0.2, 0.25) is 0 Å². The fourth-order valence-corrected chi connectivity index (χ4v) is 2.02. The highest BCUT2D eigenvalue weighted by Crippen LogP contribution is 2.12. The van der Waals surface area contributed by atoms with Gasteiger partial charge in [-0.3, -0.25) is 9.59 Å². The lowest BCUT2D eigenvalue weighted by Gasteiger charge is -2.12. The zero-order chi connectivity index (χ0) is 14.4. The number of carboxylic acid groups (broad SMARTS) is 1.